The predicted molar refractivity (Wildman–Crippen MR) is 176 cm³/mol. The van der Waals surface area contributed by atoms with Gasteiger partial charge >= 0.3 is 0 Å². The lowest BCUT2D eigenvalue weighted by Gasteiger charge is -2.33. The second-order valence-electron chi connectivity index (χ2n) is 10.5. The van der Waals surface area contributed by atoms with Crippen LogP contribution in [-0.2, 0) is 26.0 Å². The Morgan fingerprint density at radius 1 is 0.867 bits per heavy atom. The van der Waals surface area contributed by atoms with E-state index in [2.05, 4.69) is 5.32 Å². The first-order valence-electron chi connectivity index (χ1n) is 15.2. The van der Waals surface area contributed by atoms with Gasteiger partial charge in [-0.25, -0.2) is 8.42 Å². The zero-order valence-corrected chi connectivity index (χ0v) is 27.8. The van der Waals surface area contributed by atoms with Crippen LogP contribution in [0.3, 0.4) is 0 Å². The molecule has 0 saturated carbocycles. The number of hydrogen-bond acceptors (Lipinski definition) is 7. The van der Waals surface area contributed by atoms with E-state index in [1.165, 1.54) is 37.3 Å². The van der Waals surface area contributed by atoms with Crippen molar-refractivity contribution < 1.29 is 32.2 Å². The molecule has 0 fully saturated rings. The number of ether oxygens (including phenoxy) is 3. The van der Waals surface area contributed by atoms with Crippen molar-refractivity contribution >= 4 is 27.5 Å². The molecule has 45 heavy (non-hydrogen) atoms. The molecule has 11 heteroatoms. The van der Waals surface area contributed by atoms with Crippen LogP contribution in [0.15, 0.2) is 77.7 Å². The standard InChI is InChI=1S/C34H45N3O7S/c1-7-25(4)35-34(39)30(8-2)36(22-21-26-13-11-10-12-14-26)33(38)24-37(27-15-17-28(18-16-27)44-9-3)45(40,41)29-19-20-31(42-5)32(23-29)43-6/h10-20,23,25,30H,7-9,21-22,24H2,1-6H3,(H,35,39)/t25-,30+/m0/s1. The topological polar surface area (TPSA) is 114 Å². The van der Waals surface area contributed by atoms with Crippen molar-refractivity contribution in [2.24, 2.45) is 0 Å². The fraction of sp³-hybridized carbons (Fsp3) is 0.412. The molecular weight excluding hydrogens is 594 g/mol. The Morgan fingerprint density at radius 2 is 1.53 bits per heavy atom. The highest BCUT2D eigenvalue weighted by Gasteiger charge is 2.34. The van der Waals surface area contributed by atoms with Crippen molar-refractivity contribution in [3.05, 3.63) is 78.4 Å². The smallest absolute Gasteiger partial charge is 0.264 e. The Labute approximate surface area is 267 Å². The van der Waals surface area contributed by atoms with E-state index in [0.717, 1.165) is 16.3 Å². The van der Waals surface area contributed by atoms with Gasteiger partial charge in [0.15, 0.2) is 11.5 Å². The quantitative estimate of drug-likeness (QED) is 0.220. The summed E-state index contributed by atoms with van der Waals surface area (Å²) >= 11 is 0. The van der Waals surface area contributed by atoms with Gasteiger partial charge in [0, 0.05) is 18.7 Å². The summed E-state index contributed by atoms with van der Waals surface area (Å²) in [5.74, 6) is 0.381. The summed E-state index contributed by atoms with van der Waals surface area (Å²) in [5, 5.41) is 2.99. The minimum absolute atomic E-state index is 0.0802. The van der Waals surface area contributed by atoms with Crippen molar-refractivity contribution in [2.75, 3.05) is 38.2 Å². The van der Waals surface area contributed by atoms with Gasteiger partial charge in [-0.3, -0.25) is 13.9 Å². The normalized spacial score (nSPS) is 12.5. The number of rotatable bonds is 17. The van der Waals surface area contributed by atoms with E-state index in [1.807, 2.05) is 58.0 Å². The van der Waals surface area contributed by atoms with E-state index in [1.54, 1.807) is 24.3 Å². The molecule has 3 rings (SSSR count). The lowest BCUT2D eigenvalue weighted by molar-refractivity contribution is -0.139. The van der Waals surface area contributed by atoms with Crippen LogP contribution in [0.5, 0.6) is 17.2 Å². The lowest BCUT2D eigenvalue weighted by Crippen LogP contribution is -2.54. The Kier molecular flexibility index (Phi) is 13.1. The van der Waals surface area contributed by atoms with Crippen molar-refractivity contribution in [3.8, 4) is 17.2 Å². The highest BCUT2D eigenvalue weighted by molar-refractivity contribution is 7.92. The average Bonchev–Trinajstić information content (AvgIpc) is 3.05. The molecule has 10 nitrogen and oxygen atoms in total. The minimum atomic E-state index is -4.30. The molecule has 0 bridgehead atoms. The van der Waals surface area contributed by atoms with E-state index in [0.29, 0.717) is 30.9 Å². The van der Waals surface area contributed by atoms with Gasteiger partial charge in [-0.05, 0) is 75.1 Å². The number of nitrogens with one attached hydrogen (secondary N) is 1. The van der Waals surface area contributed by atoms with E-state index >= 15 is 0 Å². The van der Waals surface area contributed by atoms with Crippen LogP contribution in [0.25, 0.3) is 0 Å². The Hall–Kier alpha value is -4.25. The molecule has 0 aromatic heterocycles. The van der Waals surface area contributed by atoms with Gasteiger partial charge in [-0.1, -0.05) is 44.2 Å². The van der Waals surface area contributed by atoms with Crippen LogP contribution in [0.1, 0.15) is 46.1 Å². The summed E-state index contributed by atoms with van der Waals surface area (Å²) in [7, 11) is -1.42. The van der Waals surface area contributed by atoms with Crippen molar-refractivity contribution in [1.82, 2.24) is 10.2 Å². The third kappa shape index (κ3) is 9.13. The Bertz CT molecular complexity index is 1500. The number of carbonyl (C=O) groups is 2. The SMILES string of the molecule is CCOc1ccc(N(CC(=O)N(CCc2ccccc2)[C@H](CC)C(=O)N[C@@H](C)CC)S(=O)(=O)c2ccc(OC)c(OC)c2)cc1. The number of carbonyl (C=O) groups excluding carboxylic acids is 2. The molecule has 3 aromatic carbocycles. The Morgan fingerprint density at radius 3 is 2.11 bits per heavy atom. The molecule has 0 unspecified atom stereocenters. The van der Waals surface area contributed by atoms with E-state index in [9.17, 15) is 18.0 Å². The first-order chi connectivity index (χ1) is 21.6. The van der Waals surface area contributed by atoms with Crippen LogP contribution in [-0.4, -0.2) is 71.1 Å². The summed E-state index contributed by atoms with van der Waals surface area (Å²) in [6.45, 7) is 7.71. The molecule has 0 saturated heterocycles. The summed E-state index contributed by atoms with van der Waals surface area (Å²) in [6.07, 6.45) is 1.58. The van der Waals surface area contributed by atoms with Crippen molar-refractivity contribution in [1.29, 1.82) is 0 Å². The molecule has 0 heterocycles. The van der Waals surface area contributed by atoms with Crippen LogP contribution in [0.2, 0.25) is 0 Å². The molecule has 3 aromatic rings. The average molecular weight is 640 g/mol. The van der Waals surface area contributed by atoms with E-state index < -0.39 is 28.5 Å². The maximum Gasteiger partial charge on any atom is 0.264 e. The summed E-state index contributed by atoms with van der Waals surface area (Å²) in [4.78, 5) is 29.1. The number of benzene rings is 3. The maximum absolute atomic E-state index is 14.3. The van der Waals surface area contributed by atoms with Crippen LogP contribution >= 0.6 is 0 Å². The van der Waals surface area contributed by atoms with Gasteiger partial charge in [0.2, 0.25) is 11.8 Å². The number of nitrogens with zero attached hydrogens (tertiary/aromatic N) is 2. The molecule has 0 aliphatic heterocycles. The highest BCUT2D eigenvalue weighted by atomic mass is 32.2. The lowest BCUT2D eigenvalue weighted by atomic mass is 10.1. The number of hydrogen-bond donors (Lipinski definition) is 1. The van der Waals surface area contributed by atoms with Crippen LogP contribution in [0.4, 0.5) is 5.69 Å². The number of anilines is 1. The first kappa shape index (κ1) is 35.2. The predicted octanol–water partition coefficient (Wildman–Crippen LogP) is 5.06. The Balaban J connectivity index is 2.07. The zero-order valence-electron chi connectivity index (χ0n) is 27.0. The molecule has 2 atom stereocenters. The fourth-order valence-corrected chi connectivity index (χ4v) is 6.28. The molecular formula is C34H45N3O7S. The summed E-state index contributed by atoms with van der Waals surface area (Å²) in [6, 6.07) is 19.6. The van der Waals surface area contributed by atoms with Gasteiger partial charge in [0.05, 0.1) is 31.4 Å². The third-order valence-electron chi connectivity index (χ3n) is 7.53. The first-order valence-corrected chi connectivity index (χ1v) is 16.6. The van der Waals surface area contributed by atoms with Crippen LogP contribution < -0.4 is 23.8 Å². The fourth-order valence-electron chi connectivity index (χ4n) is 4.85. The van der Waals surface area contributed by atoms with Gasteiger partial charge in [-0.15, -0.1) is 0 Å². The van der Waals surface area contributed by atoms with Gasteiger partial charge in [0.1, 0.15) is 18.3 Å². The second-order valence-corrected chi connectivity index (χ2v) is 12.4. The highest BCUT2D eigenvalue weighted by Crippen LogP contribution is 2.33. The molecule has 0 aliphatic rings. The molecule has 1 N–H and O–H groups in total. The number of amides is 2. The van der Waals surface area contributed by atoms with Crippen molar-refractivity contribution in [2.45, 2.75) is 63.9 Å². The molecule has 244 valence electrons. The second kappa shape index (κ2) is 16.7. The minimum Gasteiger partial charge on any atom is -0.494 e. The summed E-state index contributed by atoms with van der Waals surface area (Å²) < 4.78 is 45.8. The van der Waals surface area contributed by atoms with E-state index in [4.69, 9.17) is 14.2 Å². The van der Waals surface area contributed by atoms with Gasteiger partial charge in [0.25, 0.3) is 10.0 Å². The zero-order chi connectivity index (χ0) is 33.0. The monoisotopic (exact) mass is 639 g/mol. The molecule has 0 spiro atoms. The third-order valence-corrected chi connectivity index (χ3v) is 9.30. The van der Waals surface area contributed by atoms with Crippen molar-refractivity contribution in [3.63, 3.8) is 0 Å². The number of methoxy groups -OCH3 is 2. The van der Waals surface area contributed by atoms with E-state index in [-0.39, 0.29) is 34.8 Å². The van der Waals surface area contributed by atoms with Crippen LogP contribution in [0, 0.1) is 0 Å². The molecule has 0 radical (unpaired) electrons. The maximum atomic E-state index is 14.3. The van der Waals surface area contributed by atoms with Gasteiger partial charge < -0.3 is 24.4 Å². The summed E-state index contributed by atoms with van der Waals surface area (Å²) in [5.41, 5.74) is 1.26. The largest absolute Gasteiger partial charge is 0.494 e. The molecule has 0 aliphatic carbocycles. The molecule has 2 amide bonds. The number of sulfonamides is 1. The van der Waals surface area contributed by atoms with Gasteiger partial charge in [-0.2, -0.15) is 0 Å².